The molecule has 2 aromatic carbocycles. The standard InChI is InChI=1S/C17H17N3O4/c1-18-17(21)16-11-19(14-8-4-5-9-15(14)24-16)10-12-6-2-3-7-13(12)20(22)23/h2-9,16H,10-11H2,1H3,(H,18,21)/t16-/m0/s1. The van der Waals surface area contributed by atoms with Gasteiger partial charge >= 0.3 is 0 Å². The maximum Gasteiger partial charge on any atom is 0.274 e. The van der Waals surface area contributed by atoms with Gasteiger partial charge in [0.2, 0.25) is 0 Å². The molecule has 0 saturated heterocycles. The summed E-state index contributed by atoms with van der Waals surface area (Å²) in [6, 6.07) is 14.0. The highest BCUT2D eigenvalue weighted by Gasteiger charge is 2.31. The molecule has 124 valence electrons. The van der Waals surface area contributed by atoms with E-state index in [9.17, 15) is 14.9 Å². The van der Waals surface area contributed by atoms with Gasteiger partial charge < -0.3 is 15.0 Å². The number of hydrogen-bond acceptors (Lipinski definition) is 5. The lowest BCUT2D eigenvalue weighted by Gasteiger charge is -2.35. The van der Waals surface area contributed by atoms with E-state index in [1.165, 1.54) is 6.07 Å². The van der Waals surface area contributed by atoms with E-state index in [1.54, 1.807) is 31.3 Å². The first-order valence-corrected chi connectivity index (χ1v) is 7.54. The molecular formula is C17H17N3O4. The van der Waals surface area contributed by atoms with Crippen LogP contribution < -0.4 is 15.0 Å². The summed E-state index contributed by atoms with van der Waals surface area (Å²) in [6.45, 7) is 0.647. The summed E-state index contributed by atoms with van der Waals surface area (Å²) in [7, 11) is 1.55. The van der Waals surface area contributed by atoms with Gasteiger partial charge in [0.1, 0.15) is 5.75 Å². The van der Waals surface area contributed by atoms with Crippen LogP contribution in [0.2, 0.25) is 0 Å². The van der Waals surface area contributed by atoms with Crippen molar-refractivity contribution in [1.82, 2.24) is 5.32 Å². The van der Waals surface area contributed by atoms with Crippen LogP contribution in [0.3, 0.4) is 0 Å². The summed E-state index contributed by atoms with van der Waals surface area (Å²) >= 11 is 0. The van der Waals surface area contributed by atoms with Crippen molar-refractivity contribution >= 4 is 17.3 Å². The largest absolute Gasteiger partial charge is 0.477 e. The van der Waals surface area contributed by atoms with Crippen LogP contribution in [0.25, 0.3) is 0 Å². The predicted molar refractivity (Wildman–Crippen MR) is 89.1 cm³/mol. The van der Waals surface area contributed by atoms with Crippen molar-refractivity contribution in [2.45, 2.75) is 12.6 Å². The van der Waals surface area contributed by atoms with E-state index in [2.05, 4.69) is 5.32 Å². The Hall–Kier alpha value is -3.09. The first-order valence-electron chi connectivity index (χ1n) is 7.54. The van der Waals surface area contributed by atoms with E-state index in [0.29, 0.717) is 24.4 Å². The third-order valence-electron chi connectivity index (χ3n) is 3.95. The maximum absolute atomic E-state index is 12.0. The SMILES string of the molecule is CNC(=O)[C@@H]1CN(Cc2ccccc2[N+](=O)[O-])c2ccccc2O1. The average Bonchev–Trinajstić information content (AvgIpc) is 2.61. The lowest BCUT2D eigenvalue weighted by atomic mass is 10.1. The molecule has 0 fully saturated rings. The molecule has 1 amide bonds. The predicted octanol–water partition coefficient (Wildman–Crippen LogP) is 2.11. The molecule has 7 heteroatoms. The number of nitro benzene ring substituents is 1. The molecule has 1 atom stereocenters. The maximum atomic E-state index is 12.0. The third kappa shape index (κ3) is 3.01. The Bertz CT molecular complexity index is 778. The summed E-state index contributed by atoms with van der Waals surface area (Å²) in [4.78, 5) is 24.7. The molecule has 2 aromatic rings. The van der Waals surface area contributed by atoms with Gasteiger partial charge in [-0.05, 0) is 12.1 Å². The number of nitro groups is 1. The van der Waals surface area contributed by atoms with Crippen LogP contribution in [0.15, 0.2) is 48.5 Å². The van der Waals surface area contributed by atoms with Gasteiger partial charge in [-0.25, -0.2) is 0 Å². The van der Waals surface area contributed by atoms with Crippen LogP contribution in [0.1, 0.15) is 5.56 Å². The number of nitrogens with zero attached hydrogens (tertiary/aromatic N) is 2. The number of para-hydroxylation sites is 3. The summed E-state index contributed by atoms with van der Waals surface area (Å²) in [5.74, 6) is 0.369. The van der Waals surface area contributed by atoms with E-state index < -0.39 is 11.0 Å². The molecule has 24 heavy (non-hydrogen) atoms. The van der Waals surface area contributed by atoms with E-state index in [4.69, 9.17) is 4.74 Å². The zero-order valence-electron chi connectivity index (χ0n) is 13.1. The first kappa shape index (κ1) is 15.8. The monoisotopic (exact) mass is 327 g/mol. The van der Waals surface area contributed by atoms with E-state index in [1.807, 2.05) is 23.1 Å². The van der Waals surface area contributed by atoms with Gasteiger partial charge in [0, 0.05) is 18.7 Å². The molecule has 1 heterocycles. The lowest BCUT2D eigenvalue weighted by Crippen LogP contribution is -2.48. The minimum atomic E-state index is -0.660. The summed E-state index contributed by atoms with van der Waals surface area (Å²) in [6.07, 6.45) is -0.660. The minimum absolute atomic E-state index is 0.0676. The van der Waals surface area contributed by atoms with Gasteiger partial charge in [0.25, 0.3) is 11.6 Å². The van der Waals surface area contributed by atoms with Crippen LogP contribution in [0.5, 0.6) is 5.75 Å². The second-order valence-electron chi connectivity index (χ2n) is 5.45. The zero-order valence-corrected chi connectivity index (χ0v) is 13.1. The first-order chi connectivity index (χ1) is 11.6. The van der Waals surface area contributed by atoms with Gasteiger partial charge in [0.05, 0.1) is 23.7 Å². The fourth-order valence-corrected chi connectivity index (χ4v) is 2.78. The number of likely N-dealkylation sites (N-methyl/N-ethyl adjacent to an activating group) is 1. The normalized spacial score (nSPS) is 16.0. The minimum Gasteiger partial charge on any atom is -0.477 e. The molecule has 1 N–H and O–H groups in total. The Labute approximate surface area is 139 Å². The van der Waals surface area contributed by atoms with Crippen molar-refractivity contribution < 1.29 is 14.5 Å². The quantitative estimate of drug-likeness (QED) is 0.687. The molecule has 0 aromatic heterocycles. The number of hydrogen-bond donors (Lipinski definition) is 1. The number of rotatable bonds is 4. The third-order valence-corrected chi connectivity index (χ3v) is 3.95. The number of carbonyl (C=O) groups excluding carboxylic acids is 1. The Morgan fingerprint density at radius 1 is 1.29 bits per heavy atom. The molecule has 0 spiro atoms. The van der Waals surface area contributed by atoms with Crippen molar-refractivity contribution in [3.05, 3.63) is 64.2 Å². The van der Waals surface area contributed by atoms with Gasteiger partial charge in [-0.1, -0.05) is 30.3 Å². The van der Waals surface area contributed by atoms with Crippen molar-refractivity contribution in [1.29, 1.82) is 0 Å². The zero-order chi connectivity index (χ0) is 17.1. The summed E-state index contributed by atoms with van der Waals surface area (Å²) < 4.78 is 5.74. The van der Waals surface area contributed by atoms with Crippen LogP contribution in [0, 0.1) is 10.1 Å². The lowest BCUT2D eigenvalue weighted by molar-refractivity contribution is -0.385. The van der Waals surface area contributed by atoms with Gasteiger partial charge in [-0.2, -0.15) is 0 Å². The summed E-state index contributed by atoms with van der Waals surface area (Å²) in [5.41, 5.74) is 1.48. The fraction of sp³-hybridized carbons (Fsp3) is 0.235. The van der Waals surface area contributed by atoms with Crippen LogP contribution in [-0.2, 0) is 11.3 Å². The van der Waals surface area contributed by atoms with Crippen LogP contribution >= 0.6 is 0 Å². The molecule has 3 rings (SSSR count). The van der Waals surface area contributed by atoms with Crippen molar-refractivity contribution in [3.63, 3.8) is 0 Å². The molecule has 1 aliphatic heterocycles. The van der Waals surface area contributed by atoms with Gasteiger partial charge in [0.15, 0.2) is 6.10 Å². The Morgan fingerprint density at radius 3 is 2.75 bits per heavy atom. The Kier molecular flexibility index (Phi) is 4.33. The summed E-state index contributed by atoms with van der Waals surface area (Å²) in [5, 5.41) is 13.8. The Morgan fingerprint density at radius 2 is 2.00 bits per heavy atom. The number of benzene rings is 2. The van der Waals surface area contributed by atoms with Crippen molar-refractivity contribution in [3.8, 4) is 5.75 Å². The average molecular weight is 327 g/mol. The smallest absolute Gasteiger partial charge is 0.274 e. The molecule has 7 nitrogen and oxygen atoms in total. The molecule has 0 radical (unpaired) electrons. The number of fused-ring (bicyclic) bond motifs is 1. The highest BCUT2D eigenvalue weighted by atomic mass is 16.6. The molecule has 0 aliphatic carbocycles. The highest BCUT2D eigenvalue weighted by molar-refractivity contribution is 5.83. The van der Waals surface area contributed by atoms with Gasteiger partial charge in [-0.3, -0.25) is 14.9 Å². The van der Waals surface area contributed by atoms with Crippen molar-refractivity contribution in [2.75, 3.05) is 18.5 Å². The number of ether oxygens (including phenoxy) is 1. The van der Waals surface area contributed by atoms with Crippen molar-refractivity contribution in [2.24, 2.45) is 0 Å². The Balaban J connectivity index is 1.94. The second-order valence-corrected chi connectivity index (χ2v) is 5.45. The topological polar surface area (TPSA) is 84.7 Å². The van der Waals surface area contributed by atoms with Crippen LogP contribution in [0.4, 0.5) is 11.4 Å². The van der Waals surface area contributed by atoms with E-state index in [-0.39, 0.29) is 11.6 Å². The van der Waals surface area contributed by atoms with E-state index >= 15 is 0 Å². The number of anilines is 1. The van der Waals surface area contributed by atoms with Gasteiger partial charge in [-0.15, -0.1) is 0 Å². The molecule has 0 unspecified atom stereocenters. The molecule has 0 bridgehead atoms. The second kappa shape index (κ2) is 6.57. The molecule has 1 aliphatic rings. The van der Waals surface area contributed by atoms with E-state index in [0.717, 1.165) is 5.69 Å². The molecular weight excluding hydrogens is 310 g/mol. The number of carbonyl (C=O) groups is 1. The van der Waals surface area contributed by atoms with Crippen LogP contribution in [-0.4, -0.2) is 30.5 Å². The fourth-order valence-electron chi connectivity index (χ4n) is 2.78. The number of nitrogens with one attached hydrogen (secondary N) is 1. The number of amides is 1. The molecule has 0 saturated carbocycles. The highest BCUT2D eigenvalue weighted by Crippen LogP contribution is 2.35.